The van der Waals surface area contributed by atoms with Gasteiger partial charge in [-0.05, 0) is 24.5 Å². The van der Waals surface area contributed by atoms with Gasteiger partial charge in [-0.15, -0.1) is 0 Å². The van der Waals surface area contributed by atoms with Crippen molar-refractivity contribution in [2.75, 3.05) is 11.9 Å². The Morgan fingerprint density at radius 1 is 1.53 bits per heavy atom. The van der Waals surface area contributed by atoms with E-state index in [4.69, 9.17) is 5.11 Å². The molecule has 0 aliphatic heterocycles. The number of pyridine rings is 1. The van der Waals surface area contributed by atoms with Crippen LogP contribution in [0.4, 0.5) is 5.82 Å². The average molecular weight is 206 g/mol. The Hall–Kier alpha value is -1.58. The van der Waals surface area contributed by atoms with Crippen LogP contribution < -0.4 is 5.32 Å². The van der Waals surface area contributed by atoms with E-state index < -0.39 is 5.97 Å². The highest BCUT2D eigenvalue weighted by Gasteiger charge is 2.20. The van der Waals surface area contributed by atoms with Crippen molar-refractivity contribution in [1.29, 1.82) is 0 Å². The molecule has 1 aliphatic carbocycles. The molecule has 0 unspecified atom stereocenters. The summed E-state index contributed by atoms with van der Waals surface area (Å²) < 4.78 is 0. The Morgan fingerprint density at radius 2 is 2.33 bits per heavy atom. The summed E-state index contributed by atoms with van der Waals surface area (Å²) in [5.41, 5.74) is 0.0893. The summed E-state index contributed by atoms with van der Waals surface area (Å²) in [6.45, 7) is 0.876. The fourth-order valence-corrected chi connectivity index (χ4v) is 1.46. The standard InChI is InChI=1S/C11H14N2O2/c14-11(15)9-2-1-3-10(13-9)12-7-6-8-4-5-8/h1-3,8H,4-7H2,(H,12,13)(H,14,15). The zero-order valence-corrected chi connectivity index (χ0v) is 8.44. The van der Waals surface area contributed by atoms with Gasteiger partial charge in [-0.1, -0.05) is 18.9 Å². The SMILES string of the molecule is O=C(O)c1cccc(NCCC2CC2)n1. The van der Waals surface area contributed by atoms with Gasteiger partial charge in [0.25, 0.3) is 0 Å². The molecule has 0 saturated heterocycles. The Kier molecular flexibility index (Phi) is 2.85. The number of rotatable bonds is 5. The van der Waals surface area contributed by atoms with Gasteiger partial charge in [0.2, 0.25) is 0 Å². The molecule has 0 aromatic carbocycles. The third-order valence-corrected chi connectivity index (χ3v) is 2.52. The number of carboxylic acids is 1. The van der Waals surface area contributed by atoms with Crippen LogP contribution in [0.3, 0.4) is 0 Å². The lowest BCUT2D eigenvalue weighted by Crippen LogP contribution is -2.07. The molecule has 2 rings (SSSR count). The number of aromatic nitrogens is 1. The van der Waals surface area contributed by atoms with Crippen LogP contribution in [-0.4, -0.2) is 22.6 Å². The topological polar surface area (TPSA) is 62.2 Å². The molecule has 1 heterocycles. The van der Waals surface area contributed by atoms with E-state index in [2.05, 4.69) is 10.3 Å². The molecule has 1 saturated carbocycles. The van der Waals surface area contributed by atoms with Crippen LogP contribution >= 0.6 is 0 Å². The van der Waals surface area contributed by atoms with Crippen molar-refractivity contribution in [2.24, 2.45) is 5.92 Å². The van der Waals surface area contributed by atoms with E-state index in [-0.39, 0.29) is 5.69 Å². The third-order valence-electron chi connectivity index (χ3n) is 2.52. The fraction of sp³-hybridized carbons (Fsp3) is 0.455. The molecular weight excluding hydrogens is 192 g/mol. The van der Waals surface area contributed by atoms with Crippen molar-refractivity contribution >= 4 is 11.8 Å². The van der Waals surface area contributed by atoms with E-state index in [0.29, 0.717) is 5.82 Å². The summed E-state index contributed by atoms with van der Waals surface area (Å²) in [6, 6.07) is 4.99. The molecule has 0 atom stereocenters. The molecule has 0 spiro atoms. The molecule has 80 valence electrons. The number of anilines is 1. The van der Waals surface area contributed by atoms with Crippen LogP contribution in [0.15, 0.2) is 18.2 Å². The van der Waals surface area contributed by atoms with Crippen LogP contribution in [0.5, 0.6) is 0 Å². The van der Waals surface area contributed by atoms with Gasteiger partial charge in [-0.2, -0.15) is 0 Å². The van der Waals surface area contributed by atoms with E-state index in [9.17, 15) is 4.79 Å². The zero-order valence-electron chi connectivity index (χ0n) is 8.44. The molecule has 0 radical (unpaired) electrons. The molecule has 4 nitrogen and oxygen atoms in total. The number of hydrogen-bond acceptors (Lipinski definition) is 3. The van der Waals surface area contributed by atoms with E-state index in [1.165, 1.54) is 18.9 Å². The predicted molar refractivity (Wildman–Crippen MR) is 57.0 cm³/mol. The highest BCUT2D eigenvalue weighted by molar-refractivity contribution is 5.85. The number of aromatic carboxylic acids is 1. The largest absolute Gasteiger partial charge is 0.477 e. The first kappa shape index (κ1) is 9.96. The van der Waals surface area contributed by atoms with Crippen molar-refractivity contribution in [3.63, 3.8) is 0 Å². The van der Waals surface area contributed by atoms with Crippen molar-refractivity contribution < 1.29 is 9.90 Å². The van der Waals surface area contributed by atoms with E-state index in [1.54, 1.807) is 12.1 Å². The second-order valence-electron chi connectivity index (χ2n) is 3.87. The van der Waals surface area contributed by atoms with Crippen molar-refractivity contribution in [3.8, 4) is 0 Å². The number of carboxylic acid groups (broad SMARTS) is 1. The smallest absolute Gasteiger partial charge is 0.354 e. The fourth-order valence-electron chi connectivity index (χ4n) is 1.46. The Bertz CT molecular complexity index is 361. The van der Waals surface area contributed by atoms with Crippen LogP contribution in [0.2, 0.25) is 0 Å². The predicted octanol–water partition coefficient (Wildman–Crippen LogP) is 1.99. The van der Waals surface area contributed by atoms with Crippen LogP contribution in [0.25, 0.3) is 0 Å². The number of hydrogen-bond donors (Lipinski definition) is 2. The molecule has 2 N–H and O–H groups in total. The molecule has 15 heavy (non-hydrogen) atoms. The van der Waals surface area contributed by atoms with Gasteiger partial charge in [-0.3, -0.25) is 0 Å². The summed E-state index contributed by atoms with van der Waals surface area (Å²) in [7, 11) is 0. The second-order valence-corrected chi connectivity index (χ2v) is 3.87. The first-order valence-electron chi connectivity index (χ1n) is 5.20. The Balaban J connectivity index is 1.88. The summed E-state index contributed by atoms with van der Waals surface area (Å²) in [6.07, 6.45) is 3.83. The normalized spacial score (nSPS) is 14.9. The minimum absolute atomic E-state index is 0.0893. The van der Waals surface area contributed by atoms with Crippen LogP contribution in [0, 0.1) is 5.92 Å². The molecule has 1 aliphatic rings. The van der Waals surface area contributed by atoms with E-state index in [1.807, 2.05) is 0 Å². The second kappa shape index (κ2) is 4.29. The molecule has 1 aromatic heterocycles. The lowest BCUT2D eigenvalue weighted by Gasteiger charge is -2.04. The maximum absolute atomic E-state index is 10.7. The molecule has 4 heteroatoms. The molecule has 1 fully saturated rings. The van der Waals surface area contributed by atoms with Gasteiger partial charge in [-0.25, -0.2) is 9.78 Å². The maximum Gasteiger partial charge on any atom is 0.354 e. The average Bonchev–Trinajstić information content (AvgIpc) is 3.02. The van der Waals surface area contributed by atoms with Gasteiger partial charge < -0.3 is 10.4 Å². The van der Waals surface area contributed by atoms with Gasteiger partial charge in [0.15, 0.2) is 5.69 Å². The minimum Gasteiger partial charge on any atom is -0.477 e. The van der Waals surface area contributed by atoms with Crippen molar-refractivity contribution in [3.05, 3.63) is 23.9 Å². The molecular formula is C11H14N2O2. The van der Waals surface area contributed by atoms with Crippen LogP contribution in [-0.2, 0) is 0 Å². The number of carbonyl (C=O) groups is 1. The molecule has 1 aromatic rings. The van der Waals surface area contributed by atoms with Gasteiger partial charge in [0.1, 0.15) is 5.82 Å². The Morgan fingerprint density at radius 3 is 3.00 bits per heavy atom. The van der Waals surface area contributed by atoms with E-state index in [0.717, 1.165) is 18.9 Å². The lowest BCUT2D eigenvalue weighted by atomic mass is 10.3. The zero-order chi connectivity index (χ0) is 10.7. The quantitative estimate of drug-likeness (QED) is 0.773. The number of nitrogens with zero attached hydrogens (tertiary/aromatic N) is 1. The summed E-state index contributed by atoms with van der Waals surface area (Å²) in [5.74, 6) is 0.538. The van der Waals surface area contributed by atoms with Gasteiger partial charge in [0.05, 0.1) is 0 Å². The number of nitrogens with one attached hydrogen (secondary N) is 1. The van der Waals surface area contributed by atoms with Crippen molar-refractivity contribution in [2.45, 2.75) is 19.3 Å². The van der Waals surface area contributed by atoms with Gasteiger partial charge >= 0.3 is 5.97 Å². The monoisotopic (exact) mass is 206 g/mol. The first-order chi connectivity index (χ1) is 7.25. The molecule has 0 amide bonds. The van der Waals surface area contributed by atoms with Gasteiger partial charge in [0, 0.05) is 6.54 Å². The minimum atomic E-state index is -0.985. The molecule has 0 bridgehead atoms. The lowest BCUT2D eigenvalue weighted by molar-refractivity contribution is 0.0690. The Labute approximate surface area is 88.3 Å². The van der Waals surface area contributed by atoms with Crippen LogP contribution in [0.1, 0.15) is 29.8 Å². The van der Waals surface area contributed by atoms with E-state index >= 15 is 0 Å². The summed E-state index contributed by atoms with van der Waals surface area (Å²) in [5, 5.41) is 11.9. The highest BCUT2D eigenvalue weighted by Crippen LogP contribution is 2.31. The summed E-state index contributed by atoms with van der Waals surface area (Å²) >= 11 is 0. The third kappa shape index (κ3) is 2.94. The first-order valence-corrected chi connectivity index (χ1v) is 5.20. The maximum atomic E-state index is 10.7. The highest BCUT2D eigenvalue weighted by atomic mass is 16.4. The van der Waals surface area contributed by atoms with Crippen molar-refractivity contribution in [1.82, 2.24) is 4.98 Å². The summed E-state index contributed by atoms with van der Waals surface area (Å²) in [4.78, 5) is 14.6.